The van der Waals surface area contributed by atoms with Gasteiger partial charge in [0.25, 0.3) is 5.91 Å². The van der Waals surface area contributed by atoms with E-state index in [1.54, 1.807) is 24.9 Å². The van der Waals surface area contributed by atoms with Gasteiger partial charge in [0.15, 0.2) is 5.82 Å². The van der Waals surface area contributed by atoms with Crippen molar-refractivity contribution in [3.63, 3.8) is 0 Å². The van der Waals surface area contributed by atoms with Gasteiger partial charge in [-0.1, -0.05) is 47.1 Å². The number of rotatable bonds is 4. The fourth-order valence-corrected chi connectivity index (χ4v) is 3.27. The summed E-state index contributed by atoms with van der Waals surface area (Å²) in [5, 5.41) is 5.28. The summed E-state index contributed by atoms with van der Waals surface area (Å²) >= 11 is 6.20. The smallest absolute Gasteiger partial charge is 0.271 e. The lowest BCUT2D eigenvalue weighted by Gasteiger charge is -2.15. The highest BCUT2D eigenvalue weighted by Crippen LogP contribution is 2.34. The number of fused-ring (bicyclic) bond motifs is 1. The summed E-state index contributed by atoms with van der Waals surface area (Å²) in [6, 6.07) is 15.3. The minimum Gasteiger partial charge on any atom is -0.350 e. The van der Waals surface area contributed by atoms with E-state index >= 15 is 0 Å². The van der Waals surface area contributed by atoms with Crippen LogP contribution < -0.4 is 0 Å². The quantitative estimate of drug-likeness (QED) is 0.567. The Bertz CT molecular complexity index is 1120. The summed E-state index contributed by atoms with van der Waals surface area (Å²) < 4.78 is 5.13. The fraction of sp³-hybridized carbons (Fsp3) is 0.150. The lowest BCUT2D eigenvalue weighted by molar-refractivity contribution is 0.0765. The van der Waals surface area contributed by atoms with Crippen LogP contribution in [-0.4, -0.2) is 33.0 Å². The molecule has 6 nitrogen and oxygen atoms in total. The van der Waals surface area contributed by atoms with E-state index in [2.05, 4.69) is 15.1 Å². The van der Waals surface area contributed by atoms with Gasteiger partial charge in [0.05, 0.1) is 0 Å². The summed E-state index contributed by atoms with van der Waals surface area (Å²) in [5.41, 5.74) is 3.11. The van der Waals surface area contributed by atoms with Gasteiger partial charge in [-0.3, -0.25) is 4.79 Å². The van der Waals surface area contributed by atoms with E-state index in [1.807, 2.05) is 42.5 Å². The molecule has 27 heavy (non-hydrogen) atoms. The van der Waals surface area contributed by atoms with Gasteiger partial charge in [-0.2, -0.15) is 4.98 Å². The highest BCUT2D eigenvalue weighted by Gasteiger charge is 2.23. The molecule has 7 heteroatoms. The Morgan fingerprint density at radius 3 is 2.70 bits per heavy atom. The molecule has 2 heterocycles. The van der Waals surface area contributed by atoms with Gasteiger partial charge in [0, 0.05) is 28.5 Å². The van der Waals surface area contributed by atoms with Gasteiger partial charge >= 0.3 is 0 Å². The Kier molecular flexibility index (Phi) is 4.41. The molecule has 0 radical (unpaired) electrons. The molecule has 1 amide bonds. The van der Waals surface area contributed by atoms with Gasteiger partial charge < -0.3 is 14.4 Å². The molecule has 4 aromatic rings. The summed E-state index contributed by atoms with van der Waals surface area (Å²) in [6.07, 6.45) is 0. The van der Waals surface area contributed by atoms with Crippen LogP contribution in [0.1, 0.15) is 22.2 Å². The Labute approximate surface area is 160 Å². The number of aromatic amines is 1. The molecule has 0 bridgehead atoms. The van der Waals surface area contributed by atoms with Gasteiger partial charge in [0.1, 0.15) is 12.2 Å². The number of H-pyrrole nitrogens is 1. The maximum atomic E-state index is 13.2. The molecule has 0 fully saturated rings. The first-order valence-electron chi connectivity index (χ1n) is 8.44. The fourth-order valence-electron chi connectivity index (χ4n) is 3.10. The third-order valence-corrected chi connectivity index (χ3v) is 4.56. The van der Waals surface area contributed by atoms with E-state index in [4.69, 9.17) is 16.1 Å². The summed E-state index contributed by atoms with van der Waals surface area (Å²) in [5.74, 6) is 0.761. The molecule has 0 saturated heterocycles. The largest absolute Gasteiger partial charge is 0.350 e. The van der Waals surface area contributed by atoms with Crippen molar-refractivity contribution >= 4 is 28.4 Å². The first-order chi connectivity index (χ1) is 13.0. The van der Waals surface area contributed by atoms with Crippen LogP contribution >= 0.6 is 11.6 Å². The Hall–Kier alpha value is -3.12. The molecule has 2 aromatic heterocycles. The zero-order chi connectivity index (χ0) is 19.0. The number of nitrogens with one attached hydrogen (secondary N) is 1. The Balaban J connectivity index is 1.79. The monoisotopic (exact) mass is 380 g/mol. The zero-order valence-corrected chi connectivity index (χ0v) is 15.6. The van der Waals surface area contributed by atoms with Crippen LogP contribution in [0.2, 0.25) is 5.02 Å². The zero-order valence-electron chi connectivity index (χ0n) is 14.9. The molecule has 2 aromatic carbocycles. The first-order valence-corrected chi connectivity index (χ1v) is 8.82. The summed E-state index contributed by atoms with van der Waals surface area (Å²) in [7, 11) is 1.70. The highest BCUT2D eigenvalue weighted by atomic mass is 35.5. The Morgan fingerprint density at radius 1 is 1.22 bits per heavy atom. The van der Waals surface area contributed by atoms with Crippen LogP contribution in [0.3, 0.4) is 0 Å². The van der Waals surface area contributed by atoms with Crippen molar-refractivity contribution in [3.8, 4) is 11.1 Å². The van der Waals surface area contributed by atoms with Crippen molar-refractivity contribution in [1.82, 2.24) is 20.0 Å². The van der Waals surface area contributed by atoms with Crippen molar-refractivity contribution in [2.45, 2.75) is 13.5 Å². The standard InChI is InChI=1S/C20H17ClN4O2/c1-12-22-17(27-24-12)11-25(2)20(26)19-18(13-6-4-3-5-7-13)15-10-14(21)8-9-16(15)23-19/h3-10,23H,11H2,1-2H3. The Morgan fingerprint density at radius 2 is 2.00 bits per heavy atom. The molecule has 0 spiro atoms. The van der Waals surface area contributed by atoms with Crippen LogP contribution in [0.4, 0.5) is 0 Å². The maximum Gasteiger partial charge on any atom is 0.271 e. The molecule has 136 valence electrons. The number of hydrogen-bond donors (Lipinski definition) is 1. The number of aromatic nitrogens is 3. The molecule has 0 aliphatic carbocycles. The van der Waals surface area contributed by atoms with Crippen molar-refractivity contribution in [2.24, 2.45) is 0 Å². The van der Waals surface area contributed by atoms with E-state index in [1.165, 1.54) is 0 Å². The van der Waals surface area contributed by atoms with Crippen LogP contribution in [0.5, 0.6) is 0 Å². The molecule has 1 N–H and O–H groups in total. The number of carbonyl (C=O) groups excluding carboxylic acids is 1. The van der Waals surface area contributed by atoms with E-state index in [9.17, 15) is 4.79 Å². The molecular formula is C20H17ClN4O2. The van der Waals surface area contributed by atoms with Gasteiger partial charge in [-0.05, 0) is 30.7 Å². The molecule has 0 unspecified atom stereocenters. The topological polar surface area (TPSA) is 75.0 Å². The lowest BCUT2D eigenvalue weighted by Crippen LogP contribution is -2.27. The number of halogens is 1. The van der Waals surface area contributed by atoms with E-state index < -0.39 is 0 Å². The third-order valence-electron chi connectivity index (χ3n) is 4.33. The van der Waals surface area contributed by atoms with Crippen molar-refractivity contribution in [3.05, 3.63) is 71.0 Å². The second-order valence-corrected chi connectivity index (χ2v) is 6.76. The predicted molar refractivity (Wildman–Crippen MR) is 104 cm³/mol. The normalized spacial score (nSPS) is 11.1. The van der Waals surface area contributed by atoms with Crippen LogP contribution in [0.25, 0.3) is 22.0 Å². The molecule has 0 aliphatic heterocycles. The van der Waals surface area contributed by atoms with Gasteiger partial charge in [-0.25, -0.2) is 0 Å². The van der Waals surface area contributed by atoms with E-state index in [-0.39, 0.29) is 12.5 Å². The second-order valence-electron chi connectivity index (χ2n) is 6.33. The average Bonchev–Trinajstić information content (AvgIpc) is 3.24. The van der Waals surface area contributed by atoms with Crippen LogP contribution in [0.15, 0.2) is 53.1 Å². The molecular weight excluding hydrogens is 364 g/mol. The minimum atomic E-state index is -0.169. The summed E-state index contributed by atoms with van der Waals surface area (Å²) in [6.45, 7) is 1.97. The lowest BCUT2D eigenvalue weighted by atomic mass is 10.0. The van der Waals surface area contributed by atoms with Crippen molar-refractivity contribution < 1.29 is 9.32 Å². The SMILES string of the molecule is Cc1noc(CN(C)C(=O)c2[nH]c3ccc(Cl)cc3c2-c2ccccc2)n1. The number of aryl methyl sites for hydroxylation is 1. The van der Waals surface area contributed by atoms with Crippen LogP contribution in [-0.2, 0) is 6.54 Å². The third kappa shape index (κ3) is 3.31. The molecule has 0 aliphatic rings. The maximum absolute atomic E-state index is 13.2. The number of hydrogen-bond acceptors (Lipinski definition) is 4. The highest BCUT2D eigenvalue weighted by molar-refractivity contribution is 6.31. The minimum absolute atomic E-state index is 0.169. The number of carbonyl (C=O) groups is 1. The first kappa shape index (κ1) is 17.3. The average molecular weight is 381 g/mol. The molecule has 4 rings (SSSR count). The molecule has 0 atom stereocenters. The van der Waals surface area contributed by atoms with Gasteiger partial charge in [-0.15, -0.1) is 0 Å². The second kappa shape index (κ2) is 6.89. The summed E-state index contributed by atoms with van der Waals surface area (Å²) in [4.78, 5) is 22.1. The van der Waals surface area contributed by atoms with Crippen molar-refractivity contribution in [2.75, 3.05) is 7.05 Å². The van der Waals surface area contributed by atoms with E-state index in [0.717, 1.165) is 22.0 Å². The van der Waals surface area contributed by atoms with E-state index in [0.29, 0.717) is 22.4 Å². The van der Waals surface area contributed by atoms with Crippen molar-refractivity contribution in [1.29, 1.82) is 0 Å². The predicted octanol–water partition coefficient (Wildman–Crippen LogP) is 4.45. The number of amides is 1. The van der Waals surface area contributed by atoms with Gasteiger partial charge in [0.2, 0.25) is 5.89 Å². The van der Waals surface area contributed by atoms with Crippen LogP contribution in [0, 0.1) is 6.92 Å². The number of benzene rings is 2. The molecule has 0 saturated carbocycles. The number of nitrogens with zero attached hydrogens (tertiary/aromatic N) is 3.